The third-order valence-corrected chi connectivity index (χ3v) is 4.05. The molecule has 1 aliphatic rings. The molecule has 0 bridgehead atoms. The standard InChI is InChI=1S/C12H20N2OS/c1-3-13-6-9(2)11-8-16-12(14-11)10-4-5-15-7-10/h8-10,13H,3-7H2,1-2H3. The normalized spacial score (nSPS) is 22.5. The van der Waals surface area contributed by atoms with Gasteiger partial charge in [0.25, 0.3) is 0 Å². The molecular formula is C12H20N2OS. The minimum atomic E-state index is 0.507. The van der Waals surface area contributed by atoms with Crippen LogP contribution in [-0.4, -0.2) is 31.3 Å². The van der Waals surface area contributed by atoms with Crippen LogP contribution in [0.25, 0.3) is 0 Å². The highest BCUT2D eigenvalue weighted by atomic mass is 32.1. The summed E-state index contributed by atoms with van der Waals surface area (Å²) in [5.41, 5.74) is 1.23. The number of thiazole rings is 1. The monoisotopic (exact) mass is 240 g/mol. The van der Waals surface area contributed by atoms with Crippen LogP contribution >= 0.6 is 11.3 Å². The second-order valence-electron chi connectivity index (χ2n) is 4.38. The summed E-state index contributed by atoms with van der Waals surface area (Å²) < 4.78 is 5.40. The summed E-state index contributed by atoms with van der Waals surface area (Å²) in [5.74, 6) is 1.05. The molecule has 1 aromatic heterocycles. The van der Waals surface area contributed by atoms with Crippen molar-refractivity contribution in [2.75, 3.05) is 26.3 Å². The molecule has 2 rings (SSSR count). The second-order valence-corrected chi connectivity index (χ2v) is 5.27. The number of nitrogens with zero attached hydrogens (tertiary/aromatic N) is 1. The van der Waals surface area contributed by atoms with Crippen molar-refractivity contribution in [3.63, 3.8) is 0 Å². The Hall–Kier alpha value is -0.450. The summed E-state index contributed by atoms with van der Waals surface area (Å²) in [6.45, 7) is 8.15. The van der Waals surface area contributed by atoms with Gasteiger partial charge in [-0.15, -0.1) is 11.3 Å². The molecule has 1 saturated heterocycles. The lowest BCUT2D eigenvalue weighted by molar-refractivity contribution is 0.194. The lowest BCUT2D eigenvalue weighted by Crippen LogP contribution is -2.19. The first-order valence-corrected chi connectivity index (χ1v) is 6.93. The van der Waals surface area contributed by atoms with E-state index in [4.69, 9.17) is 9.72 Å². The molecule has 1 aromatic rings. The van der Waals surface area contributed by atoms with Crippen molar-refractivity contribution in [1.29, 1.82) is 0 Å². The van der Waals surface area contributed by atoms with Crippen molar-refractivity contribution >= 4 is 11.3 Å². The SMILES string of the molecule is CCNCC(C)c1csc(C2CCOC2)n1. The van der Waals surface area contributed by atoms with Crippen LogP contribution in [0.1, 0.15) is 42.8 Å². The van der Waals surface area contributed by atoms with Crippen molar-refractivity contribution in [2.24, 2.45) is 0 Å². The molecule has 1 aliphatic heterocycles. The third-order valence-electron chi connectivity index (χ3n) is 3.02. The molecule has 3 nitrogen and oxygen atoms in total. The lowest BCUT2D eigenvalue weighted by atomic mass is 10.1. The quantitative estimate of drug-likeness (QED) is 0.858. The fourth-order valence-electron chi connectivity index (χ4n) is 1.91. The second kappa shape index (κ2) is 5.75. The molecule has 0 aromatic carbocycles. The van der Waals surface area contributed by atoms with Gasteiger partial charge >= 0.3 is 0 Å². The molecular weight excluding hydrogens is 220 g/mol. The van der Waals surface area contributed by atoms with Gasteiger partial charge in [0, 0.05) is 30.4 Å². The fraction of sp³-hybridized carbons (Fsp3) is 0.750. The van der Waals surface area contributed by atoms with E-state index in [1.165, 1.54) is 10.7 Å². The van der Waals surface area contributed by atoms with Gasteiger partial charge in [-0.25, -0.2) is 4.98 Å². The molecule has 0 amide bonds. The Morgan fingerprint density at radius 1 is 1.69 bits per heavy atom. The molecule has 1 N–H and O–H groups in total. The molecule has 0 spiro atoms. The molecule has 0 saturated carbocycles. The highest BCUT2D eigenvalue weighted by Gasteiger charge is 2.21. The van der Waals surface area contributed by atoms with Crippen LogP contribution in [0, 0.1) is 0 Å². The summed E-state index contributed by atoms with van der Waals surface area (Å²) in [7, 11) is 0. The number of aromatic nitrogens is 1. The number of hydrogen-bond acceptors (Lipinski definition) is 4. The van der Waals surface area contributed by atoms with Crippen molar-refractivity contribution in [3.05, 3.63) is 16.1 Å². The van der Waals surface area contributed by atoms with Crippen LogP contribution in [0.4, 0.5) is 0 Å². The van der Waals surface area contributed by atoms with E-state index in [0.29, 0.717) is 11.8 Å². The summed E-state index contributed by atoms with van der Waals surface area (Å²) in [6.07, 6.45) is 1.13. The first-order chi connectivity index (χ1) is 7.81. The maximum atomic E-state index is 5.40. The molecule has 0 aliphatic carbocycles. The number of ether oxygens (including phenoxy) is 1. The predicted octanol–water partition coefficient (Wildman–Crippen LogP) is 2.36. The van der Waals surface area contributed by atoms with Gasteiger partial charge in [-0.1, -0.05) is 13.8 Å². The van der Waals surface area contributed by atoms with E-state index in [-0.39, 0.29) is 0 Å². The minimum Gasteiger partial charge on any atom is -0.381 e. The molecule has 90 valence electrons. The Kier molecular flexibility index (Phi) is 4.32. The maximum absolute atomic E-state index is 5.40. The smallest absolute Gasteiger partial charge is 0.0983 e. The van der Waals surface area contributed by atoms with Crippen LogP contribution in [-0.2, 0) is 4.74 Å². The topological polar surface area (TPSA) is 34.1 Å². The van der Waals surface area contributed by atoms with Crippen molar-refractivity contribution in [2.45, 2.75) is 32.1 Å². The molecule has 1 fully saturated rings. The van der Waals surface area contributed by atoms with E-state index in [1.807, 2.05) is 0 Å². The van der Waals surface area contributed by atoms with Crippen molar-refractivity contribution in [1.82, 2.24) is 10.3 Å². The predicted molar refractivity (Wildman–Crippen MR) is 67.2 cm³/mol. The highest BCUT2D eigenvalue weighted by molar-refractivity contribution is 7.09. The molecule has 2 heterocycles. The maximum Gasteiger partial charge on any atom is 0.0983 e. The largest absolute Gasteiger partial charge is 0.381 e. The summed E-state index contributed by atoms with van der Waals surface area (Å²) in [4.78, 5) is 4.74. The van der Waals surface area contributed by atoms with Crippen LogP contribution in [0.3, 0.4) is 0 Å². The van der Waals surface area contributed by atoms with E-state index < -0.39 is 0 Å². The minimum absolute atomic E-state index is 0.507. The first kappa shape index (κ1) is 12.0. The third kappa shape index (κ3) is 2.81. The van der Waals surface area contributed by atoms with E-state index >= 15 is 0 Å². The average molecular weight is 240 g/mol. The van der Waals surface area contributed by atoms with E-state index in [2.05, 4.69) is 24.5 Å². The van der Waals surface area contributed by atoms with E-state index in [1.54, 1.807) is 11.3 Å². The van der Waals surface area contributed by atoms with Crippen LogP contribution in [0.2, 0.25) is 0 Å². The van der Waals surface area contributed by atoms with E-state index in [9.17, 15) is 0 Å². The average Bonchev–Trinajstić information content (AvgIpc) is 2.94. The molecule has 2 atom stereocenters. The van der Waals surface area contributed by atoms with Gasteiger partial charge in [0.2, 0.25) is 0 Å². The van der Waals surface area contributed by atoms with Crippen LogP contribution in [0.15, 0.2) is 5.38 Å². The van der Waals surface area contributed by atoms with Gasteiger partial charge in [0.1, 0.15) is 0 Å². The van der Waals surface area contributed by atoms with Crippen molar-refractivity contribution in [3.8, 4) is 0 Å². The van der Waals surface area contributed by atoms with Gasteiger partial charge in [-0.2, -0.15) is 0 Å². The molecule has 4 heteroatoms. The Balaban J connectivity index is 1.95. The highest BCUT2D eigenvalue weighted by Crippen LogP contribution is 2.29. The summed E-state index contributed by atoms with van der Waals surface area (Å²) >= 11 is 1.79. The fourth-order valence-corrected chi connectivity index (χ4v) is 2.97. The van der Waals surface area contributed by atoms with Gasteiger partial charge in [-0.05, 0) is 13.0 Å². The Morgan fingerprint density at radius 3 is 3.25 bits per heavy atom. The number of nitrogens with one attached hydrogen (secondary N) is 1. The molecule has 2 unspecified atom stereocenters. The Bertz CT molecular complexity index is 321. The van der Waals surface area contributed by atoms with Gasteiger partial charge in [0.15, 0.2) is 0 Å². The van der Waals surface area contributed by atoms with Gasteiger partial charge in [0.05, 0.1) is 17.3 Å². The Morgan fingerprint density at radius 2 is 2.56 bits per heavy atom. The zero-order valence-electron chi connectivity index (χ0n) is 10.0. The number of rotatable bonds is 5. The first-order valence-electron chi connectivity index (χ1n) is 6.05. The number of likely N-dealkylation sites (N-methyl/N-ethyl adjacent to an activating group) is 1. The van der Waals surface area contributed by atoms with Gasteiger partial charge in [-0.3, -0.25) is 0 Å². The summed E-state index contributed by atoms with van der Waals surface area (Å²) in [6, 6.07) is 0. The lowest BCUT2D eigenvalue weighted by Gasteiger charge is -2.08. The number of hydrogen-bond donors (Lipinski definition) is 1. The van der Waals surface area contributed by atoms with E-state index in [0.717, 1.165) is 32.7 Å². The summed E-state index contributed by atoms with van der Waals surface area (Å²) in [5, 5.41) is 6.83. The van der Waals surface area contributed by atoms with Crippen molar-refractivity contribution < 1.29 is 4.74 Å². The van der Waals surface area contributed by atoms with Gasteiger partial charge < -0.3 is 10.1 Å². The van der Waals surface area contributed by atoms with Crippen LogP contribution in [0.5, 0.6) is 0 Å². The Labute approximate surface area is 101 Å². The zero-order chi connectivity index (χ0) is 11.4. The van der Waals surface area contributed by atoms with Crippen LogP contribution < -0.4 is 5.32 Å². The molecule has 0 radical (unpaired) electrons. The zero-order valence-corrected chi connectivity index (χ0v) is 10.8. The molecule has 16 heavy (non-hydrogen) atoms.